The van der Waals surface area contributed by atoms with E-state index in [9.17, 15) is 22.8 Å². The van der Waals surface area contributed by atoms with E-state index in [2.05, 4.69) is 5.10 Å². The average Bonchev–Trinajstić information content (AvgIpc) is 2.61. The number of carbonyl (C=O) groups is 1. The molecule has 1 aliphatic rings. The van der Waals surface area contributed by atoms with E-state index in [1.807, 2.05) is 0 Å². The first-order valence-corrected chi connectivity index (χ1v) is 8.51. The molecule has 1 aliphatic heterocycles. The van der Waals surface area contributed by atoms with Crippen molar-refractivity contribution in [3.05, 3.63) is 57.5 Å². The summed E-state index contributed by atoms with van der Waals surface area (Å²) in [6, 6.07) is 6.02. The number of alkyl halides is 3. The van der Waals surface area contributed by atoms with E-state index >= 15 is 0 Å². The van der Waals surface area contributed by atoms with Crippen molar-refractivity contribution < 1.29 is 18.0 Å². The van der Waals surface area contributed by atoms with Gasteiger partial charge in [0.25, 0.3) is 5.91 Å². The van der Waals surface area contributed by atoms with E-state index in [1.54, 1.807) is 0 Å². The Morgan fingerprint density at radius 3 is 2.48 bits per heavy atom. The first-order valence-electron chi connectivity index (χ1n) is 8.51. The standard InChI is InChI=1S/C18H19F3N4O2/c1-11-10-15(26)16(17(27)24-8-6-12(22)7-9-24)23-25(11)14-5-3-2-4-13(14)18(19,20)21/h2-5,10,12H,6-9,22H2,1H3. The number of piperidine rings is 1. The van der Waals surface area contributed by atoms with Crippen LogP contribution in [-0.4, -0.2) is 39.7 Å². The Hall–Kier alpha value is -2.68. The second-order valence-electron chi connectivity index (χ2n) is 6.55. The Kier molecular flexibility index (Phi) is 5.05. The summed E-state index contributed by atoms with van der Waals surface area (Å²) in [5.41, 5.74) is 3.87. The summed E-state index contributed by atoms with van der Waals surface area (Å²) in [7, 11) is 0. The molecule has 0 saturated carbocycles. The summed E-state index contributed by atoms with van der Waals surface area (Å²) in [4.78, 5) is 26.4. The monoisotopic (exact) mass is 380 g/mol. The van der Waals surface area contributed by atoms with E-state index in [1.165, 1.54) is 30.0 Å². The number of nitrogens with zero attached hydrogens (tertiary/aromatic N) is 3. The largest absolute Gasteiger partial charge is 0.418 e. The zero-order valence-corrected chi connectivity index (χ0v) is 14.7. The Morgan fingerprint density at radius 2 is 1.85 bits per heavy atom. The summed E-state index contributed by atoms with van der Waals surface area (Å²) in [5.74, 6) is -0.592. The molecule has 1 aromatic carbocycles. The highest BCUT2D eigenvalue weighted by molar-refractivity contribution is 5.92. The fraction of sp³-hybridized carbons (Fsp3) is 0.389. The van der Waals surface area contributed by atoms with Crippen molar-refractivity contribution >= 4 is 5.91 Å². The van der Waals surface area contributed by atoms with Gasteiger partial charge in [-0.3, -0.25) is 9.59 Å². The Labute approximate surface area is 153 Å². The first kappa shape index (κ1) is 19.1. The maximum Gasteiger partial charge on any atom is 0.418 e. The molecule has 0 spiro atoms. The topological polar surface area (TPSA) is 81.2 Å². The molecule has 0 atom stereocenters. The molecule has 2 aromatic rings. The number of halogens is 3. The van der Waals surface area contributed by atoms with Crippen molar-refractivity contribution in [3.8, 4) is 5.69 Å². The molecule has 0 aliphatic carbocycles. The highest BCUT2D eigenvalue weighted by atomic mass is 19.4. The number of rotatable bonds is 2. The molecule has 1 saturated heterocycles. The van der Waals surface area contributed by atoms with Crippen LogP contribution < -0.4 is 11.2 Å². The zero-order valence-electron chi connectivity index (χ0n) is 14.7. The Balaban J connectivity index is 2.06. The number of benzene rings is 1. The minimum absolute atomic E-state index is 0.00431. The SMILES string of the molecule is Cc1cc(=O)c(C(=O)N2CCC(N)CC2)nn1-c1ccccc1C(F)(F)F. The third kappa shape index (κ3) is 3.87. The molecule has 3 rings (SSSR count). The van der Waals surface area contributed by atoms with Crippen LogP contribution in [-0.2, 0) is 6.18 Å². The normalized spacial score (nSPS) is 15.8. The average molecular weight is 380 g/mol. The quantitative estimate of drug-likeness (QED) is 0.865. The summed E-state index contributed by atoms with van der Waals surface area (Å²) >= 11 is 0. The molecule has 0 radical (unpaired) electrons. The minimum atomic E-state index is -4.60. The predicted molar refractivity (Wildman–Crippen MR) is 92.7 cm³/mol. The summed E-state index contributed by atoms with van der Waals surface area (Å²) in [6.45, 7) is 2.23. The summed E-state index contributed by atoms with van der Waals surface area (Å²) in [6.07, 6.45) is -3.40. The van der Waals surface area contributed by atoms with E-state index in [0.717, 1.165) is 16.8 Å². The van der Waals surface area contributed by atoms with Gasteiger partial charge in [0.05, 0.1) is 11.3 Å². The van der Waals surface area contributed by atoms with Gasteiger partial charge in [-0.05, 0) is 31.9 Å². The van der Waals surface area contributed by atoms with Gasteiger partial charge in [-0.2, -0.15) is 18.3 Å². The molecular formula is C18H19F3N4O2. The molecule has 9 heteroatoms. The lowest BCUT2D eigenvalue weighted by Gasteiger charge is -2.29. The van der Waals surface area contributed by atoms with Crippen LogP contribution in [0.5, 0.6) is 0 Å². The highest BCUT2D eigenvalue weighted by Gasteiger charge is 2.34. The van der Waals surface area contributed by atoms with Crippen LogP contribution in [0.2, 0.25) is 0 Å². The van der Waals surface area contributed by atoms with Crippen LogP contribution >= 0.6 is 0 Å². The number of nitrogens with two attached hydrogens (primary N) is 1. The first-order chi connectivity index (χ1) is 12.7. The van der Waals surface area contributed by atoms with Crippen LogP contribution in [0.15, 0.2) is 35.1 Å². The van der Waals surface area contributed by atoms with Crippen LogP contribution in [0.1, 0.15) is 34.6 Å². The predicted octanol–water partition coefficient (Wildman–Crippen LogP) is 2.12. The lowest BCUT2D eigenvalue weighted by atomic mass is 10.1. The van der Waals surface area contributed by atoms with Crippen LogP contribution in [0, 0.1) is 6.92 Å². The number of para-hydroxylation sites is 1. The fourth-order valence-electron chi connectivity index (χ4n) is 3.09. The smallest absolute Gasteiger partial charge is 0.337 e. The Bertz CT molecular complexity index is 916. The van der Waals surface area contributed by atoms with Gasteiger partial charge in [0.1, 0.15) is 0 Å². The van der Waals surface area contributed by atoms with Gasteiger partial charge in [-0.15, -0.1) is 0 Å². The lowest BCUT2D eigenvalue weighted by molar-refractivity contribution is -0.137. The minimum Gasteiger partial charge on any atom is -0.337 e. The van der Waals surface area contributed by atoms with Gasteiger partial charge < -0.3 is 10.6 Å². The second kappa shape index (κ2) is 7.15. The number of aryl methyl sites for hydroxylation is 1. The van der Waals surface area contributed by atoms with Crippen molar-refractivity contribution in [2.75, 3.05) is 13.1 Å². The molecule has 0 unspecified atom stereocenters. The maximum atomic E-state index is 13.3. The van der Waals surface area contributed by atoms with Gasteiger partial charge in [0.15, 0.2) is 5.69 Å². The van der Waals surface area contributed by atoms with Gasteiger partial charge in [0.2, 0.25) is 5.43 Å². The highest BCUT2D eigenvalue weighted by Crippen LogP contribution is 2.33. The maximum absolute atomic E-state index is 13.3. The van der Waals surface area contributed by atoms with Crippen molar-refractivity contribution in [3.63, 3.8) is 0 Å². The molecule has 1 aromatic heterocycles. The van der Waals surface area contributed by atoms with Gasteiger partial charge in [0, 0.05) is 30.9 Å². The number of hydrogen-bond donors (Lipinski definition) is 1. The van der Waals surface area contributed by atoms with Crippen LogP contribution in [0.4, 0.5) is 13.2 Å². The number of likely N-dealkylation sites (tertiary alicyclic amines) is 1. The number of aromatic nitrogens is 2. The molecule has 6 nitrogen and oxygen atoms in total. The van der Waals surface area contributed by atoms with Crippen molar-refractivity contribution in [2.45, 2.75) is 32.0 Å². The Morgan fingerprint density at radius 1 is 1.22 bits per heavy atom. The molecule has 2 heterocycles. The number of carbonyl (C=O) groups excluding carboxylic acids is 1. The molecular weight excluding hydrogens is 361 g/mol. The van der Waals surface area contributed by atoms with Gasteiger partial charge in [-0.25, -0.2) is 4.68 Å². The molecule has 2 N–H and O–H groups in total. The van der Waals surface area contributed by atoms with Crippen LogP contribution in [0.25, 0.3) is 5.69 Å². The molecule has 0 bridgehead atoms. The van der Waals surface area contributed by atoms with Crippen molar-refractivity contribution in [1.82, 2.24) is 14.7 Å². The van der Waals surface area contributed by atoms with Crippen molar-refractivity contribution in [1.29, 1.82) is 0 Å². The van der Waals surface area contributed by atoms with Crippen LogP contribution in [0.3, 0.4) is 0 Å². The molecule has 1 fully saturated rings. The van der Waals surface area contributed by atoms with E-state index < -0.39 is 28.8 Å². The lowest BCUT2D eigenvalue weighted by Crippen LogP contribution is -2.44. The summed E-state index contributed by atoms with van der Waals surface area (Å²) in [5, 5.41) is 3.99. The molecule has 144 valence electrons. The van der Waals surface area contributed by atoms with E-state index in [4.69, 9.17) is 5.73 Å². The van der Waals surface area contributed by atoms with Gasteiger partial charge in [-0.1, -0.05) is 12.1 Å². The van der Waals surface area contributed by atoms with E-state index in [-0.39, 0.29) is 17.4 Å². The number of hydrogen-bond acceptors (Lipinski definition) is 4. The van der Waals surface area contributed by atoms with Gasteiger partial charge >= 0.3 is 6.18 Å². The zero-order chi connectivity index (χ0) is 19.8. The third-order valence-corrected chi connectivity index (χ3v) is 4.57. The summed E-state index contributed by atoms with van der Waals surface area (Å²) < 4.78 is 41.0. The third-order valence-electron chi connectivity index (χ3n) is 4.57. The van der Waals surface area contributed by atoms with E-state index in [0.29, 0.717) is 25.9 Å². The second-order valence-corrected chi connectivity index (χ2v) is 6.55. The number of amides is 1. The molecule has 27 heavy (non-hydrogen) atoms. The fourth-order valence-corrected chi connectivity index (χ4v) is 3.09. The molecule has 1 amide bonds. The van der Waals surface area contributed by atoms with Crippen molar-refractivity contribution in [2.24, 2.45) is 5.73 Å².